The Kier molecular flexibility index (Phi) is 6.77. The number of benzene rings is 3. The summed E-state index contributed by atoms with van der Waals surface area (Å²) in [5.41, 5.74) is 0.164. The first-order chi connectivity index (χ1) is 17.5. The van der Waals surface area contributed by atoms with Gasteiger partial charge in [0.05, 0.1) is 44.3 Å². The number of aromatic nitrogens is 2. The maximum atomic E-state index is 13.6. The van der Waals surface area contributed by atoms with Crippen molar-refractivity contribution in [3.8, 4) is 11.1 Å². The number of aliphatic hydroxyl groups excluding tert-OH is 1. The van der Waals surface area contributed by atoms with Crippen molar-refractivity contribution in [2.75, 3.05) is 12.4 Å². The fourth-order valence-electron chi connectivity index (χ4n) is 4.41. The molecule has 1 unspecified atom stereocenters. The molecule has 5 rings (SSSR count). The van der Waals surface area contributed by atoms with E-state index in [0.717, 1.165) is 18.9 Å². The van der Waals surface area contributed by atoms with Crippen LogP contribution in [-0.2, 0) is 16.0 Å². The van der Waals surface area contributed by atoms with Crippen molar-refractivity contribution in [1.29, 1.82) is 0 Å². The molecule has 37 heavy (non-hydrogen) atoms. The van der Waals surface area contributed by atoms with Crippen LogP contribution >= 0.6 is 23.2 Å². The van der Waals surface area contributed by atoms with E-state index in [9.17, 15) is 26.7 Å². The number of sulfone groups is 1. The van der Waals surface area contributed by atoms with Crippen LogP contribution in [0.5, 0.6) is 0 Å². The van der Waals surface area contributed by atoms with E-state index in [1.807, 2.05) is 0 Å². The quantitative estimate of drug-likeness (QED) is 0.255. The van der Waals surface area contributed by atoms with Gasteiger partial charge in [0.25, 0.3) is 0 Å². The van der Waals surface area contributed by atoms with E-state index in [2.05, 4.69) is 9.97 Å². The minimum atomic E-state index is -4.62. The molecule has 1 aliphatic carbocycles. The Bertz CT molecular complexity index is 1580. The fraction of sp³-hybridized carbons (Fsp3) is 0.269. The average molecular weight is 569 g/mol. The van der Waals surface area contributed by atoms with E-state index in [1.165, 1.54) is 36.4 Å². The van der Waals surface area contributed by atoms with Crippen LogP contribution in [0.4, 0.5) is 13.2 Å². The lowest BCUT2D eigenvalue weighted by Crippen LogP contribution is -2.10. The number of H-pyrrole nitrogens is 1. The summed E-state index contributed by atoms with van der Waals surface area (Å²) in [4.78, 5) is 7.76. The molecule has 0 radical (unpaired) electrons. The summed E-state index contributed by atoms with van der Waals surface area (Å²) in [5.74, 6) is -0.00748. The van der Waals surface area contributed by atoms with E-state index < -0.39 is 27.5 Å². The molecule has 3 aromatic carbocycles. The highest BCUT2D eigenvalue weighted by molar-refractivity contribution is 7.91. The van der Waals surface area contributed by atoms with Crippen molar-refractivity contribution in [3.63, 3.8) is 0 Å². The third-order valence-corrected chi connectivity index (χ3v) is 9.06. The van der Waals surface area contributed by atoms with Crippen LogP contribution in [0.2, 0.25) is 10.0 Å². The molecule has 0 aliphatic heterocycles. The predicted molar refractivity (Wildman–Crippen MR) is 137 cm³/mol. The number of alkyl halides is 3. The normalized spacial score (nSPS) is 15.3. The van der Waals surface area contributed by atoms with Crippen LogP contribution in [0, 0.1) is 5.92 Å². The number of nitrogens with zero attached hydrogens (tertiary/aromatic N) is 1. The van der Waals surface area contributed by atoms with Gasteiger partial charge in [-0.3, -0.25) is 0 Å². The van der Waals surface area contributed by atoms with Crippen molar-refractivity contribution in [1.82, 2.24) is 9.97 Å². The number of imidazole rings is 1. The largest absolute Gasteiger partial charge is 0.417 e. The highest BCUT2D eigenvalue weighted by Gasteiger charge is 2.35. The topological polar surface area (TPSA) is 83.1 Å². The molecule has 0 spiro atoms. The van der Waals surface area contributed by atoms with Gasteiger partial charge >= 0.3 is 6.18 Å². The zero-order chi connectivity index (χ0) is 26.5. The number of fused-ring (bicyclic) bond motifs is 1. The first-order valence-corrected chi connectivity index (χ1v) is 13.9. The van der Waals surface area contributed by atoms with Crippen LogP contribution in [0.15, 0.2) is 59.5 Å². The molecule has 1 fully saturated rings. The number of hydrogen-bond acceptors (Lipinski definition) is 4. The van der Waals surface area contributed by atoms with Crippen LogP contribution in [-0.4, -0.2) is 35.9 Å². The van der Waals surface area contributed by atoms with Gasteiger partial charge in [0.15, 0.2) is 9.84 Å². The van der Waals surface area contributed by atoms with Crippen LogP contribution in [0.25, 0.3) is 22.2 Å². The molecule has 1 atom stereocenters. The molecule has 5 nitrogen and oxygen atoms in total. The Balaban J connectivity index is 1.54. The van der Waals surface area contributed by atoms with Crippen molar-refractivity contribution >= 4 is 44.1 Å². The van der Waals surface area contributed by atoms with Gasteiger partial charge < -0.3 is 10.1 Å². The van der Waals surface area contributed by atoms with E-state index in [1.54, 1.807) is 12.1 Å². The van der Waals surface area contributed by atoms with Gasteiger partial charge in [-0.05, 0) is 54.2 Å². The Morgan fingerprint density at radius 2 is 1.76 bits per heavy atom. The summed E-state index contributed by atoms with van der Waals surface area (Å²) in [6, 6.07) is 12.7. The van der Waals surface area contributed by atoms with E-state index in [0.29, 0.717) is 16.9 Å². The summed E-state index contributed by atoms with van der Waals surface area (Å²) in [5, 5.41) is 10.1. The second kappa shape index (κ2) is 9.62. The van der Waals surface area contributed by atoms with E-state index in [-0.39, 0.29) is 49.9 Å². The molecule has 1 aromatic heterocycles. The molecule has 1 heterocycles. The first kappa shape index (κ1) is 26.0. The molecule has 1 aliphatic rings. The molecule has 0 bridgehead atoms. The van der Waals surface area contributed by atoms with Gasteiger partial charge in [-0.25, -0.2) is 13.4 Å². The molecule has 11 heteroatoms. The molecule has 0 amide bonds. The second-order valence-corrected chi connectivity index (χ2v) is 12.0. The third kappa shape index (κ3) is 5.10. The number of aromatic amines is 1. The van der Waals surface area contributed by atoms with Gasteiger partial charge in [-0.15, -0.1) is 0 Å². The minimum absolute atomic E-state index is 0.00702. The van der Waals surface area contributed by atoms with Gasteiger partial charge in [-0.1, -0.05) is 53.5 Å². The van der Waals surface area contributed by atoms with Crippen LogP contribution in [0.1, 0.15) is 35.7 Å². The molecular formula is C26H21Cl2F3N2O3S. The number of aliphatic hydroxyl groups is 1. The molecule has 4 aromatic rings. The van der Waals surface area contributed by atoms with E-state index >= 15 is 0 Å². The first-order valence-electron chi connectivity index (χ1n) is 11.5. The van der Waals surface area contributed by atoms with Gasteiger partial charge in [0, 0.05) is 5.56 Å². The Morgan fingerprint density at radius 3 is 2.38 bits per heavy atom. The monoisotopic (exact) mass is 568 g/mol. The highest BCUT2D eigenvalue weighted by atomic mass is 35.5. The summed E-state index contributed by atoms with van der Waals surface area (Å²) in [6.45, 7) is -0.358. The maximum Gasteiger partial charge on any atom is 0.417 e. The number of rotatable bonds is 7. The Morgan fingerprint density at radius 1 is 1.08 bits per heavy atom. The SMILES string of the molecule is O=S(=O)(CC1CC1)c1ccc(C(CO)c2nc3c(Cl)c(-c4ccccc4C(F)(F)F)c(Cl)cc3[nH]2)cc1. The predicted octanol–water partition coefficient (Wildman–Crippen LogP) is 6.86. The summed E-state index contributed by atoms with van der Waals surface area (Å²) >= 11 is 13.0. The zero-order valence-electron chi connectivity index (χ0n) is 19.2. The van der Waals surface area contributed by atoms with E-state index in [4.69, 9.17) is 23.2 Å². The van der Waals surface area contributed by atoms with Crippen LogP contribution < -0.4 is 0 Å². The second-order valence-electron chi connectivity index (χ2n) is 9.14. The molecule has 0 saturated heterocycles. The maximum absolute atomic E-state index is 13.6. The lowest BCUT2D eigenvalue weighted by Gasteiger charge is -2.15. The van der Waals surface area contributed by atoms with Crippen molar-refractivity contribution in [3.05, 3.63) is 81.6 Å². The Labute approximate surface area is 221 Å². The van der Waals surface area contributed by atoms with Crippen molar-refractivity contribution in [2.45, 2.75) is 29.8 Å². The lowest BCUT2D eigenvalue weighted by molar-refractivity contribution is -0.137. The Hall–Kier alpha value is -2.59. The van der Waals surface area contributed by atoms with Crippen LogP contribution in [0.3, 0.4) is 0 Å². The minimum Gasteiger partial charge on any atom is -0.395 e. The highest BCUT2D eigenvalue weighted by Crippen LogP contribution is 2.45. The zero-order valence-corrected chi connectivity index (χ0v) is 21.5. The molecular weight excluding hydrogens is 548 g/mol. The van der Waals surface area contributed by atoms with Gasteiger partial charge in [-0.2, -0.15) is 13.2 Å². The number of nitrogens with one attached hydrogen (secondary N) is 1. The van der Waals surface area contributed by atoms with Crippen molar-refractivity contribution in [2.24, 2.45) is 5.92 Å². The third-order valence-electron chi connectivity index (χ3n) is 6.50. The lowest BCUT2D eigenvalue weighted by atomic mass is 9.98. The van der Waals surface area contributed by atoms with Gasteiger partial charge in [0.2, 0.25) is 0 Å². The number of halogens is 5. The average Bonchev–Trinajstić information content (AvgIpc) is 3.55. The summed E-state index contributed by atoms with van der Waals surface area (Å²) in [7, 11) is -3.39. The summed E-state index contributed by atoms with van der Waals surface area (Å²) < 4.78 is 66.1. The van der Waals surface area contributed by atoms with Gasteiger partial charge in [0.1, 0.15) is 11.3 Å². The smallest absolute Gasteiger partial charge is 0.395 e. The fourth-order valence-corrected chi connectivity index (χ4v) is 6.81. The van der Waals surface area contributed by atoms with Crippen molar-refractivity contribution < 1.29 is 26.7 Å². The molecule has 1 saturated carbocycles. The summed E-state index contributed by atoms with van der Waals surface area (Å²) in [6.07, 6.45) is -2.77. The standard InChI is InChI=1S/C26H21Cl2F3N2O3S/c27-20-11-21-24(23(28)22(20)17-3-1-2-4-19(17)26(29,30)31)33-25(32-21)18(12-34)15-7-9-16(10-8-15)37(35,36)13-14-5-6-14/h1-4,7-11,14,18,34H,5-6,12-13H2,(H,32,33). The number of hydrogen-bond donors (Lipinski definition) is 2. The molecule has 194 valence electrons. The molecule has 2 N–H and O–H groups in total.